The van der Waals surface area contributed by atoms with E-state index < -0.39 is 11.6 Å². The van der Waals surface area contributed by atoms with E-state index in [1.54, 1.807) is 13.0 Å². The Kier molecular flexibility index (Phi) is 4.31. The van der Waals surface area contributed by atoms with Crippen molar-refractivity contribution in [1.29, 1.82) is 0 Å². The molecule has 2 N–H and O–H groups in total. The highest BCUT2D eigenvalue weighted by atomic mass is 16.5. The zero-order valence-electron chi connectivity index (χ0n) is 12.5. The summed E-state index contributed by atoms with van der Waals surface area (Å²) in [6.45, 7) is 5.79. The molecule has 1 heterocycles. The fraction of sp³-hybridized carbons (Fsp3) is 0.375. The summed E-state index contributed by atoms with van der Waals surface area (Å²) in [6, 6.07) is 3.46. The zero-order chi connectivity index (χ0) is 15.6. The first-order chi connectivity index (χ1) is 10.0. The molecule has 2 rings (SSSR count). The van der Waals surface area contributed by atoms with Gasteiger partial charge in [0.15, 0.2) is 0 Å². The Balaban J connectivity index is 2.89. The Morgan fingerprint density at radius 3 is 2.52 bits per heavy atom. The van der Waals surface area contributed by atoms with Gasteiger partial charge in [0.05, 0.1) is 6.61 Å². The maximum absolute atomic E-state index is 12.1. The van der Waals surface area contributed by atoms with E-state index in [2.05, 4.69) is 0 Å². The number of rotatable bonds is 4. The van der Waals surface area contributed by atoms with Crippen LogP contribution in [0.4, 0.5) is 5.69 Å². The van der Waals surface area contributed by atoms with Gasteiger partial charge in [-0.25, -0.2) is 9.59 Å². The van der Waals surface area contributed by atoms with Crippen molar-refractivity contribution < 1.29 is 13.9 Å². The van der Waals surface area contributed by atoms with Crippen molar-refractivity contribution in [3.63, 3.8) is 0 Å². The molecule has 0 unspecified atom stereocenters. The molecule has 0 aliphatic carbocycles. The first-order valence-electron chi connectivity index (χ1n) is 7.08. The molecule has 0 saturated carbocycles. The molecule has 0 aliphatic heterocycles. The third-order valence-corrected chi connectivity index (χ3v) is 3.43. The second kappa shape index (κ2) is 5.99. The molecule has 5 heteroatoms. The number of carbonyl (C=O) groups is 1. The summed E-state index contributed by atoms with van der Waals surface area (Å²) < 4.78 is 10.3. The van der Waals surface area contributed by atoms with Gasteiger partial charge in [-0.15, -0.1) is 0 Å². The molecule has 0 radical (unpaired) electrons. The number of benzene rings is 1. The van der Waals surface area contributed by atoms with E-state index in [9.17, 15) is 9.59 Å². The summed E-state index contributed by atoms with van der Waals surface area (Å²) in [5.41, 5.74) is 7.72. The average molecular weight is 289 g/mol. The fourth-order valence-electron chi connectivity index (χ4n) is 2.56. The molecule has 0 bridgehead atoms. The third kappa shape index (κ3) is 2.63. The molecule has 0 fully saturated rings. The number of nitrogen functional groups attached to an aromatic ring is 1. The van der Waals surface area contributed by atoms with E-state index in [-0.39, 0.29) is 12.2 Å². The first-order valence-corrected chi connectivity index (χ1v) is 7.08. The van der Waals surface area contributed by atoms with Gasteiger partial charge in [-0.05, 0) is 37.0 Å². The van der Waals surface area contributed by atoms with Crippen LogP contribution in [0.3, 0.4) is 0 Å². The summed E-state index contributed by atoms with van der Waals surface area (Å²) in [7, 11) is 0. The van der Waals surface area contributed by atoms with Crippen LogP contribution in [0, 0.1) is 0 Å². The van der Waals surface area contributed by atoms with Gasteiger partial charge < -0.3 is 14.9 Å². The van der Waals surface area contributed by atoms with Crippen LogP contribution in [-0.4, -0.2) is 12.6 Å². The number of hydrogen-bond acceptors (Lipinski definition) is 5. The lowest BCUT2D eigenvalue weighted by atomic mass is 9.96. The van der Waals surface area contributed by atoms with Crippen molar-refractivity contribution in [3.05, 3.63) is 39.2 Å². The van der Waals surface area contributed by atoms with Crippen molar-refractivity contribution in [2.75, 3.05) is 12.3 Å². The molecule has 21 heavy (non-hydrogen) atoms. The van der Waals surface area contributed by atoms with Crippen molar-refractivity contribution >= 4 is 22.6 Å². The number of aryl methyl sites for hydroxylation is 2. The molecule has 5 nitrogen and oxygen atoms in total. The number of esters is 1. The lowest BCUT2D eigenvalue weighted by Gasteiger charge is -2.13. The maximum Gasteiger partial charge on any atom is 0.351 e. The summed E-state index contributed by atoms with van der Waals surface area (Å²) in [6.07, 6.45) is 1.26. The van der Waals surface area contributed by atoms with Crippen LogP contribution in [-0.2, 0) is 17.6 Å². The quantitative estimate of drug-likeness (QED) is 0.531. The van der Waals surface area contributed by atoms with Crippen molar-refractivity contribution in [1.82, 2.24) is 0 Å². The van der Waals surface area contributed by atoms with Crippen molar-refractivity contribution in [2.24, 2.45) is 0 Å². The summed E-state index contributed by atoms with van der Waals surface area (Å²) in [5, 5.41) is 0.789. The molecule has 0 spiro atoms. The number of carbonyl (C=O) groups excluding carboxylic acids is 1. The van der Waals surface area contributed by atoms with Gasteiger partial charge in [0, 0.05) is 17.1 Å². The second-order valence-electron chi connectivity index (χ2n) is 4.72. The smallest absolute Gasteiger partial charge is 0.351 e. The molecule has 1 aromatic heterocycles. The molecule has 1 aromatic carbocycles. The van der Waals surface area contributed by atoms with Crippen molar-refractivity contribution in [2.45, 2.75) is 33.6 Å². The Morgan fingerprint density at radius 1 is 1.24 bits per heavy atom. The number of nitrogens with two attached hydrogens (primary N) is 1. The number of ether oxygens (including phenoxy) is 1. The zero-order valence-corrected chi connectivity index (χ0v) is 12.5. The maximum atomic E-state index is 12.1. The van der Waals surface area contributed by atoms with Crippen molar-refractivity contribution in [3.8, 4) is 0 Å². The first kappa shape index (κ1) is 15.1. The molecule has 0 atom stereocenters. The molecular weight excluding hydrogens is 270 g/mol. The van der Waals surface area contributed by atoms with E-state index >= 15 is 0 Å². The fourth-order valence-corrected chi connectivity index (χ4v) is 2.56. The van der Waals surface area contributed by atoms with Crippen LogP contribution in [0.1, 0.15) is 42.3 Å². The summed E-state index contributed by atoms with van der Waals surface area (Å²) in [4.78, 5) is 24.2. The summed E-state index contributed by atoms with van der Waals surface area (Å²) in [5.74, 6) is -0.635. The predicted octanol–water partition coefficient (Wildman–Crippen LogP) is 2.68. The largest absolute Gasteiger partial charge is 0.462 e. The van der Waals surface area contributed by atoms with Gasteiger partial charge in [-0.1, -0.05) is 13.8 Å². The van der Waals surface area contributed by atoms with Gasteiger partial charge in [-0.2, -0.15) is 0 Å². The number of anilines is 1. The SMILES string of the molecule is CCOC(=O)c1c(CC)c2c(CC)cc(N)cc2oc1=O. The lowest BCUT2D eigenvalue weighted by Crippen LogP contribution is -2.20. The highest BCUT2D eigenvalue weighted by Crippen LogP contribution is 2.28. The average Bonchev–Trinajstić information content (AvgIpc) is 2.44. The molecular formula is C16H19NO4. The molecule has 0 amide bonds. The van der Waals surface area contributed by atoms with Crippen LogP contribution >= 0.6 is 0 Å². The van der Waals surface area contributed by atoms with Crippen LogP contribution < -0.4 is 11.4 Å². The van der Waals surface area contributed by atoms with Gasteiger partial charge in [0.25, 0.3) is 0 Å². The minimum Gasteiger partial charge on any atom is -0.462 e. The normalized spacial score (nSPS) is 10.8. The van der Waals surface area contributed by atoms with Gasteiger partial charge in [0.1, 0.15) is 11.1 Å². The topological polar surface area (TPSA) is 82.5 Å². The Labute approximate surface area is 122 Å². The molecule has 0 saturated heterocycles. The number of hydrogen-bond donors (Lipinski definition) is 1. The second-order valence-corrected chi connectivity index (χ2v) is 4.72. The summed E-state index contributed by atoms with van der Waals surface area (Å²) >= 11 is 0. The van der Waals surface area contributed by atoms with Gasteiger partial charge in [-0.3, -0.25) is 0 Å². The lowest BCUT2D eigenvalue weighted by molar-refractivity contribution is 0.0520. The van der Waals surface area contributed by atoms with E-state index in [1.807, 2.05) is 19.9 Å². The van der Waals surface area contributed by atoms with E-state index in [0.717, 1.165) is 17.4 Å². The highest BCUT2D eigenvalue weighted by Gasteiger charge is 2.22. The van der Waals surface area contributed by atoms with E-state index in [4.69, 9.17) is 14.9 Å². The molecule has 2 aromatic rings. The monoisotopic (exact) mass is 289 g/mol. The minimum absolute atomic E-state index is 0.00804. The van der Waals surface area contributed by atoms with Crippen LogP contribution in [0.15, 0.2) is 21.3 Å². The molecule has 0 aliphatic rings. The molecule has 112 valence electrons. The number of fused-ring (bicyclic) bond motifs is 1. The Morgan fingerprint density at radius 2 is 1.95 bits per heavy atom. The van der Waals surface area contributed by atoms with Crippen LogP contribution in [0.5, 0.6) is 0 Å². The van der Waals surface area contributed by atoms with Crippen LogP contribution in [0.2, 0.25) is 0 Å². The standard InChI is InChI=1S/C16H19NO4/c1-4-9-7-10(17)8-12-13(9)11(5-2)14(16(19)21-12)15(18)20-6-3/h7-8H,4-6,17H2,1-3H3. The Hall–Kier alpha value is -2.30. The van der Waals surface area contributed by atoms with Gasteiger partial charge in [0.2, 0.25) is 0 Å². The van der Waals surface area contributed by atoms with Crippen LogP contribution in [0.25, 0.3) is 11.0 Å². The van der Waals surface area contributed by atoms with Gasteiger partial charge >= 0.3 is 11.6 Å². The Bertz CT molecular complexity index is 746. The predicted molar refractivity (Wildman–Crippen MR) is 81.6 cm³/mol. The van der Waals surface area contributed by atoms with E-state index in [1.165, 1.54) is 0 Å². The van der Waals surface area contributed by atoms with E-state index in [0.29, 0.717) is 23.3 Å². The minimum atomic E-state index is -0.676. The third-order valence-electron chi connectivity index (χ3n) is 3.43. The highest BCUT2D eigenvalue weighted by molar-refractivity contribution is 5.98.